The van der Waals surface area contributed by atoms with E-state index in [1.54, 1.807) is 19.2 Å². The van der Waals surface area contributed by atoms with Crippen LogP contribution in [0.3, 0.4) is 0 Å². The van der Waals surface area contributed by atoms with Gasteiger partial charge in [-0.05, 0) is 19.1 Å². The van der Waals surface area contributed by atoms with E-state index in [1.807, 2.05) is 6.07 Å². The Balaban J connectivity index is 2.14. The number of aryl methyl sites for hydroxylation is 1. The second-order valence-corrected chi connectivity index (χ2v) is 5.61. The van der Waals surface area contributed by atoms with Crippen LogP contribution in [0.25, 0.3) is 11.4 Å². The molecule has 3 rings (SSSR count). The van der Waals surface area contributed by atoms with Gasteiger partial charge in [0.05, 0.1) is 5.69 Å². The van der Waals surface area contributed by atoms with E-state index in [4.69, 9.17) is 28.8 Å². The summed E-state index contributed by atoms with van der Waals surface area (Å²) in [7, 11) is 0. The quantitative estimate of drug-likeness (QED) is 0.692. The molecule has 0 saturated heterocycles. The average molecular weight is 331 g/mol. The Morgan fingerprint density at radius 3 is 2.70 bits per heavy atom. The van der Waals surface area contributed by atoms with Crippen LogP contribution in [0.1, 0.15) is 17.9 Å². The zero-order valence-electron chi connectivity index (χ0n) is 12.4. The minimum atomic E-state index is -1.01. The van der Waals surface area contributed by atoms with Gasteiger partial charge in [0, 0.05) is 30.1 Å². The van der Waals surface area contributed by atoms with Crippen molar-refractivity contribution in [2.75, 3.05) is 5.73 Å². The lowest BCUT2D eigenvalue weighted by Crippen LogP contribution is -2.42. The molecule has 23 heavy (non-hydrogen) atoms. The minimum Gasteiger partial charge on any atom is -0.399 e. The average Bonchev–Trinajstić information content (AvgIpc) is 2.50. The van der Waals surface area contributed by atoms with E-state index in [1.165, 1.54) is 6.21 Å². The van der Waals surface area contributed by atoms with E-state index in [9.17, 15) is 0 Å². The van der Waals surface area contributed by atoms with Gasteiger partial charge in [0.15, 0.2) is 5.82 Å². The first-order chi connectivity index (χ1) is 10.9. The predicted octanol–water partition coefficient (Wildman–Crippen LogP) is 0.819. The number of hydrogen-bond donors (Lipinski definition) is 3. The maximum atomic E-state index is 6.46. The van der Waals surface area contributed by atoms with E-state index in [0.717, 1.165) is 0 Å². The summed E-state index contributed by atoms with van der Waals surface area (Å²) in [5.74, 6) is 1.04. The van der Waals surface area contributed by atoms with Crippen LogP contribution in [0.4, 0.5) is 5.95 Å². The van der Waals surface area contributed by atoms with Crippen LogP contribution < -0.4 is 17.2 Å². The van der Waals surface area contributed by atoms with Gasteiger partial charge in [-0.3, -0.25) is 4.98 Å². The molecule has 6 N–H and O–H groups in total. The summed E-state index contributed by atoms with van der Waals surface area (Å²) in [4.78, 5) is 20.9. The molecule has 2 aromatic rings. The molecule has 0 radical (unpaired) electrons. The standard InChI is InChI=1S/C14H15ClN8/c1-7-21-12(23-13(17)22-7)8-3-2-4-19-10(8)14(18)5-9(16)11(15)20-6-14/h2-4,6H,5,16,18H2,1H3,(H2,17,21,22,23). The maximum absolute atomic E-state index is 6.46. The summed E-state index contributed by atoms with van der Waals surface area (Å²) in [5.41, 5.74) is 18.6. The number of pyridine rings is 1. The van der Waals surface area contributed by atoms with Crippen LogP contribution in [-0.4, -0.2) is 26.2 Å². The second kappa shape index (κ2) is 5.56. The number of aliphatic imine (C=N–C) groups is 1. The van der Waals surface area contributed by atoms with E-state index < -0.39 is 5.54 Å². The largest absolute Gasteiger partial charge is 0.399 e. The Labute approximate surface area is 137 Å². The van der Waals surface area contributed by atoms with Crippen LogP contribution in [0.2, 0.25) is 0 Å². The summed E-state index contributed by atoms with van der Waals surface area (Å²) in [6.45, 7) is 1.73. The van der Waals surface area contributed by atoms with Crippen molar-refractivity contribution < 1.29 is 0 Å². The first-order valence-corrected chi connectivity index (χ1v) is 7.19. The van der Waals surface area contributed by atoms with Crippen molar-refractivity contribution in [2.45, 2.75) is 18.9 Å². The first kappa shape index (κ1) is 15.3. The van der Waals surface area contributed by atoms with Crippen molar-refractivity contribution in [1.82, 2.24) is 19.9 Å². The highest BCUT2D eigenvalue weighted by Crippen LogP contribution is 2.33. The summed E-state index contributed by atoms with van der Waals surface area (Å²) < 4.78 is 0. The smallest absolute Gasteiger partial charge is 0.223 e. The van der Waals surface area contributed by atoms with Crippen molar-refractivity contribution in [2.24, 2.45) is 16.5 Å². The molecule has 1 atom stereocenters. The van der Waals surface area contributed by atoms with Gasteiger partial charge in [0.25, 0.3) is 0 Å². The van der Waals surface area contributed by atoms with Crippen molar-refractivity contribution in [3.8, 4) is 11.4 Å². The number of nitrogen functional groups attached to an aromatic ring is 1. The monoisotopic (exact) mass is 330 g/mol. The van der Waals surface area contributed by atoms with E-state index >= 15 is 0 Å². The van der Waals surface area contributed by atoms with Gasteiger partial charge in [0.1, 0.15) is 16.5 Å². The summed E-state index contributed by atoms with van der Waals surface area (Å²) in [5, 5.41) is 0.240. The van der Waals surface area contributed by atoms with Crippen molar-refractivity contribution in [3.05, 3.63) is 40.7 Å². The van der Waals surface area contributed by atoms with Crippen LogP contribution in [-0.2, 0) is 5.54 Å². The fraction of sp³-hybridized carbons (Fsp3) is 0.214. The Bertz CT molecular complexity index is 811. The molecular weight excluding hydrogens is 316 g/mol. The van der Waals surface area contributed by atoms with E-state index in [-0.39, 0.29) is 11.1 Å². The molecule has 0 saturated carbocycles. The molecule has 0 aromatic carbocycles. The Kier molecular flexibility index (Phi) is 3.70. The van der Waals surface area contributed by atoms with Gasteiger partial charge < -0.3 is 17.2 Å². The molecule has 3 heterocycles. The normalized spacial score (nSPS) is 20.8. The number of anilines is 1. The molecule has 1 aliphatic heterocycles. The minimum absolute atomic E-state index is 0.133. The zero-order chi connectivity index (χ0) is 16.6. The van der Waals surface area contributed by atoms with Gasteiger partial charge in [-0.2, -0.15) is 9.97 Å². The molecule has 118 valence electrons. The van der Waals surface area contributed by atoms with Crippen LogP contribution in [0.5, 0.6) is 0 Å². The summed E-state index contributed by atoms with van der Waals surface area (Å²) >= 11 is 5.91. The van der Waals surface area contributed by atoms with Crippen LogP contribution >= 0.6 is 11.6 Å². The number of aromatic nitrogens is 4. The molecule has 2 aromatic heterocycles. The zero-order valence-corrected chi connectivity index (χ0v) is 13.1. The molecule has 0 aliphatic carbocycles. The van der Waals surface area contributed by atoms with Crippen LogP contribution in [0.15, 0.2) is 34.2 Å². The molecular formula is C14H15ClN8. The molecule has 0 amide bonds. The first-order valence-electron chi connectivity index (χ1n) is 6.81. The summed E-state index contributed by atoms with van der Waals surface area (Å²) in [6.07, 6.45) is 3.46. The molecule has 1 aliphatic rings. The second-order valence-electron chi connectivity index (χ2n) is 5.26. The number of nitrogens with two attached hydrogens (primary N) is 3. The highest BCUT2D eigenvalue weighted by molar-refractivity contribution is 6.30. The Morgan fingerprint density at radius 1 is 1.22 bits per heavy atom. The van der Waals surface area contributed by atoms with Crippen molar-refractivity contribution in [1.29, 1.82) is 0 Å². The van der Waals surface area contributed by atoms with Gasteiger partial charge >= 0.3 is 0 Å². The molecule has 9 heteroatoms. The lowest BCUT2D eigenvalue weighted by atomic mass is 9.87. The highest BCUT2D eigenvalue weighted by Gasteiger charge is 2.34. The van der Waals surface area contributed by atoms with Crippen LogP contribution in [0, 0.1) is 6.92 Å². The van der Waals surface area contributed by atoms with Gasteiger partial charge in [0.2, 0.25) is 5.95 Å². The topological polar surface area (TPSA) is 142 Å². The third kappa shape index (κ3) is 2.86. The maximum Gasteiger partial charge on any atom is 0.223 e. The number of halogens is 1. The number of rotatable bonds is 2. The van der Waals surface area contributed by atoms with Gasteiger partial charge in [-0.15, -0.1) is 0 Å². The Hall–Kier alpha value is -2.58. The lowest BCUT2D eigenvalue weighted by molar-refractivity contribution is 0.576. The van der Waals surface area contributed by atoms with Crippen molar-refractivity contribution >= 4 is 23.8 Å². The SMILES string of the molecule is Cc1nc(N)nc(-c2cccnc2C2(N)C=NC(Cl)=C(N)C2)n1. The molecule has 8 nitrogen and oxygen atoms in total. The summed E-state index contributed by atoms with van der Waals surface area (Å²) in [6, 6.07) is 3.58. The highest BCUT2D eigenvalue weighted by atomic mass is 35.5. The molecule has 0 bridgehead atoms. The fourth-order valence-corrected chi connectivity index (χ4v) is 2.53. The van der Waals surface area contributed by atoms with Gasteiger partial charge in [-0.1, -0.05) is 11.6 Å². The molecule has 1 unspecified atom stereocenters. The van der Waals surface area contributed by atoms with E-state index in [0.29, 0.717) is 35.0 Å². The number of nitrogens with zero attached hydrogens (tertiary/aromatic N) is 5. The third-order valence-corrected chi connectivity index (χ3v) is 3.75. The Morgan fingerprint density at radius 2 is 2.00 bits per heavy atom. The molecule has 0 fully saturated rings. The third-order valence-electron chi connectivity index (χ3n) is 3.41. The predicted molar refractivity (Wildman–Crippen MR) is 88.2 cm³/mol. The van der Waals surface area contributed by atoms with Crippen molar-refractivity contribution in [3.63, 3.8) is 0 Å². The van der Waals surface area contributed by atoms with Gasteiger partial charge in [-0.25, -0.2) is 9.98 Å². The lowest BCUT2D eigenvalue weighted by Gasteiger charge is -2.29. The number of hydrogen-bond acceptors (Lipinski definition) is 8. The van der Waals surface area contributed by atoms with E-state index in [2.05, 4.69) is 24.9 Å². The molecule has 0 spiro atoms. The fourth-order valence-electron chi connectivity index (χ4n) is 2.41.